The van der Waals surface area contributed by atoms with Crippen molar-refractivity contribution in [2.45, 2.75) is 25.8 Å². The second-order valence-corrected chi connectivity index (χ2v) is 9.76. The summed E-state index contributed by atoms with van der Waals surface area (Å²) < 4.78 is 12.0. The van der Waals surface area contributed by atoms with Gasteiger partial charge in [-0.25, -0.2) is 4.98 Å². The van der Waals surface area contributed by atoms with E-state index >= 15 is 0 Å². The highest BCUT2D eigenvalue weighted by Crippen LogP contribution is 2.31. The first-order chi connectivity index (χ1) is 16.0. The number of para-hydroxylation sites is 1. The zero-order valence-corrected chi connectivity index (χ0v) is 19.8. The van der Waals surface area contributed by atoms with Gasteiger partial charge in [0.15, 0.2) is 0 Å². The number of rotatable bonds is 8. The van der Waals surface area contributed by atoms with Gasteiger partial charge in [0, 0.05) is 33.8 Å². The molecule has 2 unspecified atom stereocenters. The molecule has 0 aliphatic carbocycles. The summed E-state index contributed by atoms with van der Waals surface area (Å²) in [6.45, 7) is 1.99. The number of amides is 1. The molecule has 3 aromatic carbocycles. The summed E-state index contributed by atoms with van der Waals surface area (Å²) in [7, 11) is -0.948. The van der Waals surface area contributed by atoms with Crippen LogP contribution in [0.4, 0.5) is 0 Å². The zero-order chi connectivity index (χ0) is 23.2. The van der Waals surface area contributed by atoms with Gasteiger partial charge in [-0.1, -0.05) is 78.9 Å². The van der Waals surface area contributed by atoms with Gasteiger partial charge in [0.25, 0.3) is 0 Å². The van der Waals surface area contributed by atoms with E-state index in [1.807, 2.05) is 91.9 Å². The van der Waals surface area contributed by atoms with Gasteiger partial charge in [0.05, 0.1) is 23.7 Å². The Kier molecular flexibility index (Phi) is 7.30. The molecule has 0 spiro atoms. The van der Waals surface area contributed by atoms with Crippen LogP contribution in [-0.2, 0) is 28.4 Å². The maximum absolute atomic E-state index is 13.2. The summed E-state index contributed by atoms with van der Waals surface area (Å²) in [4.78, 5) is 18.2. The number of benzene rings is 3. The quantitative estimate of drug-likeness (QED) is 0.394. The Morgan fingerprint density at radius 1 is 0.909 bits per heavy atom. The summed E-state index contributed by atoms with van der Waals surface area (Å²) in [6, 6.07) is 27.8. The van der Waals surface area contributed by atoms with E-state index in [1.54, 1.807) is 6.26 Å². The SMILES string of the molecule is CC(NC(=O)Cc1c(CCS(C)=O)c(-c2ccccc2)nc2ccccc12)c1ccccc1. The van der Waals surface area contributed by atoms with Crippen LogP contribution in [0.1, 0.15) is 29.7 Å². The van der Waals surface area contributed by atoms with Crippen molar-refractivity contribution < 1.29 is 9.00 Å². The van der Waals surface area contributed by atoms with E-state index in [1.165, 1.54) is 0 Å². The van der Waals surface area contributed by atoms with Crippen LogP contribution in [0, 0.1) is 0 Å². The third-order valence-electron chi connectivity index (χ3n) is 5.81. The van der Waals surface area contributed by atoms with E-state index in [2.05, 4.69) is 5.32 Å². The molecule has 5 heteroatoms. The minimum atomic E-state index is -0.948. The Labute approximate surface area is 197 Å². The lowest BCUT2D eigenvalue weighted by molar-refractivity contribution is -0.121. The number of carbonyl (C=O) groups is 1. The second-order valence-electron chi connectivity index (χ2n) is 8.20. The molecule has 4 nitrogen and oxygen atoms in total. The molecular weight excluding hydrogens is 428 g/mol. The van der Waals surface area contributed by atoms with Crippen LogP contribution >= 0.6 is 0 Å². The lowest BCUT2D eigenvalue weighted by atomic mass is 9.93. The maximum Gasteiger partial charge on any atom is 0.224 e. The Bertz CT molecular complexity index is 1270. The van der Waals surface area contributed by atoms with Crippen LogP contribution in [-0.4, -0.2) is 27.1 Å². The van der Waals surface area contributed by atoms with Gasteiger partial charge in [-0.3, -0.25) is 9.00 Å². The average molecular weight is 457 g/mol. The summed E-state index contributed by atoms with van der Waals surface area (Å²) in [5, 5.41) is 4.11. The molecule has 4 aromatic rings. The third-order valence-corrected chi connectivity index (χ3v) is 6.59. The zero-order valence-electron chi connectivity index (χ0n) is 19.0. The van der Waals surface area contributed by atoms with Crippen molar-refractivity contribution in [1.29, 1.82) is 0 Å². The highest BCUT2D eigenvalue weighted by molar-refractivity contribution is 7.84. The highest BCUT2D eigenvalue weighted by atomic mass is 32.2. The fraction of sp³-hybridized carbons (Fsp3) is 0.214. The highest BCUT2D eigenvalue weighted by Gasteiger charge is 2.20. The van der Waals surface area contributed by atoms with Gasteiger partial charge < -0.3 is 5.32 Å². The summed E-state index contributed by atoms with van der Waals surface area (Å²) in [6.07, 6.45) is 2.55. The van der Waals surface area contributed by atoms with Crippen LogP contribution < -0.4 is 5.32 Å². The Hall–Kier alpha value is -3.31. The first-order valence-corrected chi connectivity index (χ1v) is 12.9. The molecule has 1 aromatic heterocycles. The first-order valence-electron chi connectivity index (χ1n) is 11.1. The summed E-state index contributed by atoms with van der Waals surface area (Å²) >= 11 is 0. The molecule has 2 atom stereocenters. The lowest BCUT2D eigenvalue weighted by Gasteiger charge is -2.19. The van der Waals surface area contributed by atoms with E-state index in [0.29, 0.717) is 12.2 Å². The number of hydrogen-bond acceptors (Lipinski definition) is 3. The maximum atomic E-state index is 13.2. The molecule has 1 N–H and O–H groups in total. The number of nitrogens with zero attached hydrogens (tertiary/aromatic N) is 1. The number of fused-ring (bicyclic) bond motifs is 1. The molecule has 0 saturated carbocycles. The van der Waals surface area contributed by atoms with Gasteiger partial charge in [-0.05, 0) is 36.1 Å². The topological polar surface area (TPSA) is 59.1 Å². The molecule has 0 aliphatic heterocycles. The van der Waals surface area contributed by atoms with E-state index in [-0.39, 0.29) is 18.4 Å². The van der Waals surface area contributed by atoms with E-state index in [4.69, 9.17) is 4.98 Å². The fourth-order valence-corrected chi connectivity index (χ4v) is 4.64. The summed E-state index contributed by atoms with van der Waals surface area (Å²) in [5.74, 6) is 0.482. The van der Waals surface area contributed by atoms with Crippen LogP contribution in [0.5, 0.6) is 0 Å². The largest absolute Gasteiger partial charge is 0.349 e. The first kappa shape index (κ1) is 22.9. The number of aromatic nitrogens is 1. The molecule has 0 saturated heterocycles. The number of hydrogen-bond donors (Lipinski definition) is 1. The monoisotopic (exact) mass is 456 g/mol. The smallest absolute Gasteiger partial charge is 0.224 e. The van der Waals surface area contributed by atoms with E-state index in [0.717, 1.165) is 38.9 Å². The second kappa shape index (κ2) is 10.5. The van der Waals surface area contributed by atoms with Crippen molar-refractivity contribution >= 4 is 27.6 Å². The molecule has 0 bridgehead atoms. The third kappa shape index (κ3) is 5.55. The van der Waals surface area contributed by atoms with Gasteiger partial charge in [0.1, 0.15) is 0 Å². The molecule has 33 heavy (non-hydrogen) atoms. The van der Waals surface area contributed by atoms with Gasteiger partial charge in [-0.15, -0.1) is 0 Å². The molecular formula is C28H28N2O2S. The standard InChI is InChI=1S/C28H28N2O2S/c1-20(21-11-5-3-6-12-21)29-27(31)19-25-23-15-9-10-16-26(23)30-28(22-13-7-4-8-14-22)24(25)17-18-33(2)32/h3-16,20H,17-19H2,1-2H3,(H,29,31). The molecule has 1 heterocycles. The fourth-order valence-electron chi connectivity index (χ4n) is 4.15. The van der Waals surface area contributed by atoms with Crippen molar-refractivity contribution in [3.8, 4) is 11.3 Å². The van der Waals surface area contributed by atoms with Crippen LogP contribution in [0.15, 0.2) is 84.9 Å². The van der Waals surface area contributed by atoms with Gasteiger partial charge in [0.2, 0.25) is 5.91 Å². The molecule has 0 radical (unpaired) electrons. The molecule has 1 amide bonds. The van der Waals surface area contributed by atoms with Crippen molar-refractivity contribution in [1.82, 2.24) is 10.3 Å². The van der Waals surface area contributed by atoms with Crippen molar-refractivity contribution in [2.75, 3.05) is 12.0 Å². The number of carbonyl (C=O) groups excluding carboxylic acids is 1. The molecule has 4 rings (SSSR count). The normalized spacial score (nSPS) is 12.9. The predicted octanol–water partition coefficient (Wildman–Crippen LogP) is 5.24. The molecule has 0 fully saturated rings. The van der Waals surface area contributed by atoms with E-state index < -0.39 is 10.8 Å². The molecule has 0 aliphatic rings. The lowest BCUT2D eigenvalue weighted by Crippen LogP contribution is -2.28. The van der Waals surface area contributed by atoms with Crippen molar-refractivity contribution in [3.63, 3.8) is 0 Å². The Balaban J connectivity index is 1.77. The van der Waals surface area contributed by atoms with Crippen molar-refractivity contribution in [3.05, 3.63) is 102 Å². The Morgan fingerprint density at radius 2 is 1.55 bits per heavy atom. The predicted molar refractivity (Wildman–Crippen MR) is 137 cm³/mol. The average Bonchev–Trinajstić information content (AvgIpc) is 2.84. The van der Waals surface area contributed by atoms with Crippen molar-refractivity contribution in [2.24, 2.45) is 0 Å². The summed E-state index contributed by atoms with van der Waals surface area (Å²) in [5.41, 5.74) is 5.74. The van der Waals surface area contributed by atoms with E-state index in [9.17, 15) is 9.00 Å². The van der Waals surface area contributed by atoms with Gasteiger partial charge >= 0.3 is 0 Å². The number of nitrogens with one attached hydrogen (secondary N) is 1. The van der Waals surface area contributed by atoms with Crippen LogP contribution in [0.25, 0.3) is 22.2 Å². The Morgan fingerprint density at radius 3 is 2.24 bits per heavy atom. The van der Waals surface area contributed by atoms with Gasteiger partial charge in [-0.2, -0.15) is 0 Å². The van der Waals surface area contributed by atoms with Crippen LogP contribution in [0.3, 0.4) is 0 Å². The minimum Gasteiger partial charge on any atom is -0.349 e. The number of pyridine rings is 1. The molecule has 168 valence electrons. The van der Waals surface area contributed by atoms with Crippen LogP contribution in [0.2, 0.25) is 0 Å². The minimum absolute atomic E-state index is 0.0411.